The van der Waals surface area contributed by atoms with E-state index in [1.807, 2.05) is 45.0 Å². The SMILES string of the molecule is CN(C)c1cc2c(cc1Cl)N=C1CC(C)(C)NC(=O)C1S2. The van der Waals surface area contributed by atoms with E-state index in [0.29, 0.717) is 5.02 Å². The summed E-state index contributed by atoms with van der Waals surface area (Å²) in [4.78, 5) is 20.0. The fourth-order valence-corrected chi connectivity index (χ4v) is 4.12. The molecule has 1 atom stereocenters. The first-order valence-electron chi connectivity index (χ1n) is 6.84. The first-order valence-corrected chi connectivity index (χ1v) is 8.09. The summed E-state index contributed by atoms with van der Waals surface area (Å²) in [5.41, 5.74) is 2.51. The van der Waals surface area contributed by atoms with Crippen molar-refractivity contribution in [3.63, 3.8) is 0 Å². The molecule has 3 rings (SSSR count). The second-order valence-electron chi connectivity index (χ2n) is 6.32. The van der Waals surface area contributed by atoms with Gasteiger partial charge in [-0.3, -0.25) is 9.79 Å². The van der Waals surface area contributed by atoms with E-state index in [0.717, 1.165) is 28.4 Å². The molecule has 1 N–H and O–H groups in total. The molecular formula is C15H18ClN3OS. The fraction of sp³-hybridized carbons (Fsp3) is 0.467. The lowest BCUT2D eigenvalue weighted by Crippen LogP contribution is -2.56. The summed E-state index contributed by atoms with van der Waals surface area (Å²) in [6, 6.07) is 3.90. The molecule has 2 heterocycles. The highest BCUT2D eigenvalue weighted by Crippen LogP contribution is 2.45. The number of halogens is 1. The number of thioether (sulfide) groups is 1. The van der Waals surface area contributed by atoms with Gasteiger partial charge in [-0.25, -0.2) is 0 Å². The summed E-state index contributed by atoms with van der Waals surface area (Å²) in [5.74, 6) is 0.0435. The van der Waals surface area contributed by atoms with Gasteiger partial charge in [-0.1, -0.05) is 11.6 Å². The van der Waals surface area contributed by atoms with Crippen LogP contribution in [0.4, 0.5) is 11.4 Å². The third kappa shape index (κ3) is 2.64. The molecule has 1 aromatic carbocycles. The summed E-state index contributed by atoms with van der Waals surface area (Å²) >= 11 is 7.88. The number of rotatable bonds is 1. The quantitative estimate of drug-likeness (QED) is 0.863. The zero-order valence-electron chi connectivity index (χ0n) is 12.5. The predicted molar refractivity (Wildman–Crippen MR) is 89.4 cm³/mol. The van der Waals surface area contributed by atoms with Crippen molar-refractivity contribution in [3.8, 4) is 0 Å². The van der Waals surface area contributed by atoms with E-state index in [1.165, 1.54) is 0 Å². The molecule has 4 nitrogen and oxygen atoms in total. The molecule has 6 heteroatoms. The number of nitrogens with zero attached hydrogens (tertiary/aromatic N) is 2. The fourth-order valence-electron chi connectivity index (χ4n) is 2.70. The maximum Gasteiger partial charge on any atom is 0.239 e. The van der Waals surface area contributed by atoms with Gasteiger partial charge in [0, 0.05) is 36.7 Å². The van der Waals surface area contributed by atoms with Crippen molar-refractivity contribution >= 4 is 46.4 Å². The van der Waals surface area contributed by atoms with Crippen LogP contribution in [-0.2, 0) is 4.79 Å². The van der Waals surface area contributed by atoms with Gasteiger partial charge in [-0.15, -0.1) is 11.8 Å². The van der Waals surface area contributed by atoms with Crippen molar-refractivity contribution in [3.05, 3.63) is 17.2 Å². The number of anilines is 1. The number of fused-ring (bicyclic) bond motifs is 2. The Bertz CT molecular complexity index is 655. The number of piperidine rings is 1. The van der Waals surface area contributed by atoms with Gasteiger partial charge in [0.15, 0.2) is 0 Å². The molecule has 0 aliphatic carbocycles. The summed E-state index contributed by atoms with van der Waals surface area (Å²) in [5, 5.41) is 3.52. The predicted octanol–water partition coefficient (Wildman–Crippen LogP) is 3.25. The van der Waals surface area contributed by atoms with Gasteiger partial charge < -0.3 is 10.2 Å². The van der Waals surface area contributed by atoms with Crippen LogP contribution in [0.15, 0.2) is 22.0 Å². The van der Waals surface area contributed by atoms with Crippen LogP contribution in [0.25, 0.3) is 0 Å². The average molecular weight is 324 g/mol. The molecule has 2 aliphatic heterocycles. The third-order valence-corrected chi connectivity index (χ3v) is 5.25. The number of hydrogen-bond donors (Lipinski definition) is 1. The number of nitrogens with one attached hydrogen (secondary N) is 1. The first kappa shape index (κ1) is 14.7. The molecule has 0 radical (unpaired) electrons. The molecule has 1 aromatic rings. The normalized spacial score (nSPS) is 22.8. The van der Waals surface area contributed by atoms with Crippen LogP contribution in [0.5, 0.6) is 0 Å². The minimum atomic E-state index is -0.238. The highest BCUT2D eigenvalue weighted by Gasteiger charge is 2.40. The Morgan fingerprint density at radius 2 is 2.14 bits per heavy atom. The maximum atomic E-state index is 12.3. The van der Waals surface area contributed by atoms with Gasteiger partial charge in [0.05, 0.1) is 16.4 Å². The van der Waals surface area contributed by atoms with Gasteiger partial charge in [-0.2, -0.15) is 0 Å². The molecule has 0 bridgehead atoms. The molecule has 2 aliphatic rings. The Hall–Kier alpha value is -1.20. The Morgan fingerprint density at radius 1 is 1.43 bits per heavy atom. The van der Waals surface area contributed by atoms with Gasteiger partial charge in [0.1, 0.15) is 5.25 Å². The Kier molecular flexibility index (Phi) is 3.45. The van der Waals surface area contributed by atoms with Crippen molar-refractivity contribution in [2.45, 2.75) is 36.0 Å². The minimum Gasteiger partial charge on any atom is -0.376 e. The minimum absolute atomic E-state index is 0.0435. The van der Waals surface area contributed by atoms with E-state index in [1.54, 1.807) is 11.8 Å². The van der Waals surface area contributed by atoms with Crippen LogP contribution in [0, 0.1) is 0 Å². The molecule has 1 saturated heterocycles. The van der Waals surface area contributed by atoms with Crippen molar-refractivity contribution in [2.24, 2.45) is 4.99 Å². The Morgan fingerprint density at radius 3 is 2.81 bits per heavy atom. The van der Waals surface area contributed by atoms with Gasteiger partial charge in [-0.05, 0) is 26.0 Å². The van der Waals surface area contributed by atoms with Crippen LogP contribution in [0.3, 0.4) is 0 Å². The molecule has 0 saturated carbocycles. The highest BCUT2D eigenvalue weighted by atomic mass is 35.5. The molecule has 1 unspecified atom stereocenters. The monoisotopic (exact) mass is 323 g/mol. The molecule has 1 fully saturated rings. The summed E-state index contributed by atoms with van der Waals surface area (Å²) in [6.07, 6.45) is 0.767. The van der Waals surface area contributed by atoms with E-state index >= 15 is 0 Å². The summed E-state index contributed by atoms with van der Waals surface area (Å²) < 4.78 is 0. The third-order valence-electron chi connectivity index (χ3n) is 3.64. The highest BCUT2D eigenvalue weighted by molar-refractivity contribution is 8.01. The van der Waals surface area contributed by atoms with Gasteiger partial charge in [0.2, 0.25) is 5.91 Å². The van der Waals surface area contributed by atoms with Crippen molar-refractivity contribution in [1.29, 1.82) is 0 Å². The summed E-state index contributed by atoms with van der Waals surface area (Å²) in [7, 11) is 3.90. The molecule has 1 amide bonds. The number of benzene rings is 1. The Labute approximate surface area is 133 Å². The van der Waals surface area contributed by atoms with E-state index in [2.05, 4.69) is 5.32 Å². The van der Waals surface area contributed by atoms with E-state index in [9.17, 15) is 4.79 Å². The van der Waals surface area contributed by atoms with E-state index < -0.39 is 0 Å². The van der Waals surface area contributed by atoms with Gasteiger partial charge in [0.25, 0.3) is 0 Å². The van der Waals surface area contributed by atoms with Crippen LogP contribution in [0.1, 0.15) is 20.3 Å². The smallest absolute Gasteiger partial charge is 0.239 e. The second kappa shape index (κ2) is 4.92. The number of hydrogen-bond acceptors (Lipinski definition) is 4. The van der Waals surface area contributed by atoms with Crippen LogP contribution >= 0.6 is 23.4 Å². The number of amides is 1. The molecular weight excluding hydrogens is 306 g/mol. The zero-order valence-corrected chi connectivity index (χ0v) is 14.1. The lowest BCUT2D eigenvalue weighted by atomic mass is 9.90. The number of carbonyl (C=O) groups is 1. The topological polar surface area (TPSA) is 44.7 Å². The molecule has 0 spiro atoms. The lowest BCUT2D eigenvalue weighted by Gasteiger charge is -2.37. The van der Waals surface area contributed by atoms with Crippen molar-refractivity contribution in [1.82, 2.24) is 5.32 Å². The van der Waals surface area contributed by atoms with Crippen molar-refractivity contribution < 1.29 is 4.79 Å². The molecule has 21 heavy (non-hydrogen) atoms. The largest absolute Gasteiger partial charge is 0.376 e. The maximum absolute atomic E-state index is 12.3. The van der Waals surface area contributed by atoms with Crippen molar-refractivity contribution in [2.75, 3.05) is 19.0 Å². The van der Waals surface area contributed by atoms with E-state index in [4.69, 9.17) is 16.6 Å². The van der Waals surface area contributed by atoms with Crippen LogP contribution < -0.4 is 10.2 Å². The Balaban J connectivity index is 2.06. The van der Waals surface area contributed by atoms with E-state index in [-0.39, 0.29) is 16.7 Å². The van der Waals surface area contributed by atoms with Crippen LogP contribution in [0.2, 0.25) is 5.02 Å². The second-order valence-corrected chi connectivity index (χ2v) is 7.87. The van der Waals surface area contributed by atoms with Gasteiger partial charge >= 0.3 is 0 Å². The number of aliphatic imine (C=N–C) groups is 1. The standard InChI is InChI=1S/C15H18ClN3OS/c1-15(2)7-10-13(14(20)18-15)21-12-6-11(19(3)4)8(16)5-9(12)17-10/h5-6,13H,7H2,1-4H3,(H,18,20). The molecule has 112 valence electrons. The zero-order chi connectivity index (χ0) is 15.4. The number of carbonyl (C=O) groups excluding carboxylic acids is 1. The molecule has 0 aromatic heterocycles. The van der Waals surface area contributed by atoms with Crippen LogP contribution in [-0.4, -0.2) is 36.5 Å². The summed E-state index contributed by atoms with van der Waals surface area (Å²) in [6.45, 7) is 4.04. The average Bonchev–Trinajstić information content (AvgIpc) is 2.34. The lowest BCUT2D eigenvalue weighted by molar-refractivity contribution is -0.121. The first-order chi connectivity index (χ1) is 9.77.